The van der Waals surface area contributed by atoms with Gasteiger partial charge in [0.25, 0.3) is 0 Å². The monoisotopic (exact) mass is 285 g/mol. The quantitative estimate of drug-likeness (QED) is 0.864. The molecule has 4 heteroatoms. The molecule has 1 heterocycles. The van der Waals surface area contributed by atoms with Crippen LogP contribution < -0.4 is 0 Å². The Bertz CT molecular complexity index is 587. The zero-order chi connectivity index (χ0) is 15.4. The summed E-state index contributed by atoms with van der Waals surface area (Å²) in [5, 5.41) is 9.41. The van der Waals surface area contributed by atoms with Gasteiger partial charge in [0, 0.05) is 19.0 Å². The van der Waals surface area contributed by atoms with E-state index in [1.165, 1.54) is 0 Å². The van der Waals surface area contributed by atoms with Crippen LogP contribution in [0.25, 0.3) is 0 Å². The van der Waals surface area contributed by atoms with Gasteiger partial charge in [0.2, 0.25) is 5.91 Å². The highest BCUT2D eigenvalue weighted by molar-refractivity contribution is 5.81. The van der Waals surface area contributed by atoms with Gasteiger partial charge in [-0.15, -0.1) is 5.73 Å². The van der Waals surface area contributed by atoms with Crippen LogP contribution in [-0.2, 0) is 9.59 Å². The van der Waals surface area contributed by atoms with E-state index >= 15 is 0 Å². The lowest BCUT2D eigenvalue weighted by molar-refractivity contribution is -0.141. The molecule has 1 aliphatic rings. The van der Waals surface area contributed by atoms with Gasteiger partial charge in [-0.3, -0.25) is 9.59 Å². The highest BCUT2D eigenvalue weighted by Crippen LogP contribution is 2.33. The number of nitrogens with zero attached hydrogens (tertiary/aromatic N) is 1. The van der Waals surface area contributed by atoms with E-state index in [0.717, 1.165) is 11.1 Å². The molecule has 1 saturated heterocycles. The number of rotatable bonds is 4. The van der Waals surface area contributed by atoms with Gasteiger partial charge >= 0.3 is 5.97 Å². The largest absolute Gasteiger partial charge is 0.481 e. The molecule has 0 aromatic heterocycles. The minimum absolute atomic E-state index is 0.0617. The van der Waals surface area contributed by atoms with E-state index in [1.807, 2.05) is 30.3 Å². The van der Waals surface area contributed by atoms with Gasteiger partial charge in [0.15, 0.2) is 0 Å². The number of hydrogen-bond donors (Lipinski definition) is 1. The normalized spacial score (nSPS) is 20.9. The smallest absolute Gasteiger partial charge is 0.308 e. The van der Waals surface area contributed by atoms with Crippen LogP contribution in [0.15, 0.2) is 48.2 Å². The Hall–Kier alpha value is -2.32. The van der Waals surface area contributed by atoms with Crippen molar-refractivity contribution in [2.45, 2.75) is 19.3 Å². The summed E-state index contributed by atoms with van der Waals surface area (Å²) < 4.78 is 0. The second-order valence-corrected chi connectivity index (χ2v) is 5.39. The van der Waals surface area contributed by atoms with Gasteiger partial charge < -0.3 is 10.0 Å². The van der Waals surface area contributed by atoms with Crippen molar-refractivity contribution >= 4 is 11.9 Å². The summed E-state index contributed by atoms with van der Waals surface area (Å²) in [6.45, 7) is 6.03. The molecule has 1 aliphatic heterocycles. The first-order valence-electron chi connectivity index (χ1n) is 6.94. The standard InChI is InChI=1S/C17H19NO3/c1-3-12(2)9-16(19)18-10-14(15(11-18)17(20)21)13-7-5-4-6-8-13/h4-8,14-15H,1,9-11H2,2H3,(H,20,21)/t14-,15+/m1/s1. The van der Waals surface area contributed by atoms with E-state index in [0.29, 0.717) is 6.54 Å². The minimum atomic E-state index is -0.852. The second-order valence-electron chi connectivity index (χ2n) is 5.39. The summed E-state index contributed by atoms with van der Waals surface area (Å²) >= 11 is 0. The Morgan fingerprint density at radius 2 is 2.00 bits per heavy atom. The van der Waals surface area contributed by atoms with Crippen molar-refractivity contribution < 1.29 is 14.7 Å². The van der Waals surface area contributed by atoms with Crippen molar-refractivity contribution in [1.82, 2.24) is 4.90 Å². The van der Waals surface area contributed by atoms with Crippen LogP contribution in [-0.4, -0.2) is 35.0 Å². The van der Waals surface area contributed by atoms with E-state index < -0.39 is 11.9 Å². The predicted octanol–water partition coefficient (Wildman–Crippen LogP) is 2.43. The van der Waals surface area contributed by atoms with E-state index in [1.54, 1.807) is 11.8 Å². The maximum absolute atomic E-state index is 12.2. The van der Waals surface area contributed by atoms with Crippen molar-refractivity contribution in [3.05, 3.63) is 53.8 Å². The van der Waals surface area contributed by atoms with Crippen molar-refractivity contribution in [2.75, 3.05) is 13.1 Å². The Kier molecular flexibility index (Phi) is 4.61. The number of hydrogen-bond acceptors (Lipinski definition) is 2. The molecule has 1 aromatic rings. The lowest BCUT2D eigenvalue weighted by Crippen LogP contribution is -2.29. The molecule has 1 amide bonds. The molecule has 0 aliphatic carbocycles. The summed E-state index contributed by atoms with van der Waals surface area (Å²) in [5.74, 6) is -1.62. The number of carbonyl (C=O) groups excluding carboxylic acids is 1. The van der Waals surface area contributed by atoms with Gasteiger partial charge in [-0.2, -0.15) is 0 Å². The summed E-state index contributed by atoms with van der Waals surface area (Å²) in [7, 11) is 0. The Labute approximate surface area is 124 Å². The molecule has 2 atom stereocenters. The lowest BCUT2D eigenvalue weighted by atomic mass is 9.89. The van der Waals surface area contributed by atoms with Gasteiger partial charge in [-0.1, -0.05) is 36.9 Å². The zero-order valence-corrected chi connectivity index (χ0v) is 12.1. The summed E-state index contributed by atoms with van der Waals surface area (Å²) in [6.07, 6.45) is 0.247. The lowest BCUT2D eigenvalue weighted by Gasteiger charge is -2.16. The van der Waals surface area contributed by atoms with Gasteiger partial charge in [0.1, 0.15) is 0 Å². The molecule has 0 radical (unpaired) electrons. The molecule has 1 fully saturated rings. The molecule has 0 bridgehead atoms. The SMILES string of the molecule is C=C=C(C)CC(=O)N1C[C@H](C(=O)O)[C@@H](c2ccccc2)C1. The molecule has 0 spiro atoms. The average molecular weight is 285 g/mol. The number of likely N-dealkylation sites (tertiary alicyclic amines) is 1. The first kappa shape index (κ1) is 15.1. The minimum Gasteiger partial charge on any atom is -0.481 e. The van der Waals surface area contributed by atoms with Crippen molar-refractivity contribution in [3.63, 3.8) is 0 Å². The third-order valence-corrected chi connectivity index (χ3v) is 3.94. The second kappa shape index (κ2) is 6.42. The van der Waals surface area contributed by atoms with Crippen LogP contribution in [0.4, 0.5) is 0 Å². The molecule has 21 heavy (non-hydrogen) atoms. The molecule has 2 rings (SSSR count). The number of aliphatic carboxylic acids is 1. The molecule has 1 aromatic carbocycles. The first-order valence-corrected chi connectivity index (χ1v) is 6.94. The number of benzene rings is 1. The van der Waals surface area contributed by atoms with Crippen molar-refractivity contribution in [2.24, 2.45) is 5.92 Å². The molecule has 0 unspecified atom stereocenters. The molecule has 110 valence electrons. The highest BCUT2D eigenvalue weighted by atomic mass is 16.4. The Balaban J connectivity index is 2.18. The third kappa shape index (κ3) is 3.41. The van der Waals surface area contributed by atoms with Gasteiger partial charge in [-0.25, -0.2) is 0 Å². The average Bonchev–Trinajstić information content (AvgIpc) is 2.93. The van der Waals surface area contributed by atoms with Crippen LogP contribution >= 0.6 is 0 Å². The van der Waals surface area contributed by atoms with Crippen molar-refractivity contribution in [1.29, 1.82) is 0 Å². The number of amides is 1. The van der Waals surface area contributed by atoms with E-state index in [2.05, 4.69) is 12.3 Å². The fourth-order valence-electron chi connectivity index (χ4n) is 2.70. The van der Waals surface area contributed by atoms with Crippen LogP contribution in [0, 0.1) is 5.92 Å². The maximum Gasteiger partial charge on any atom is 0.308 e. The first-order chi connectivity index (χ1) is 10.0. The summed E-state index contributed by atoms with van der Waals surface area (Å²) in [6, 6.07) is 9.52. The topological polar surface area (TPSA) is 57.6 Å². The van der Waals surface area contributed by atoms with E-state index in [4.69, 9.17) is 0 Å². The molecule has 1 N–H and O–H groups in total. The third-order valence-electron chi connectivity index (χ3n) is 3.94. The van der Waals surface area contributed by atoms with Crippen LogP contribution in [0.3, 0.4) is 0 Å². The zero-order valence-electron chi connectivity index (χ0n) is 12.1. The number of carbonyl (C=O) groups is 2. The Morgan fingerprint density at radius 1 is 1.33 bits per heavy atom. The van der Waals surface area contributed by atoms with E-state index in [-0.39, 0.29) is 24.8 Å². The van der Waals surface area contributed by atoms with Crippen LogP contribution in [0.5, 0.6) is 0 Å². The maximum atomic E-state index is 12.2. The summed E-state index contributed by atoms with van der Waals surface area (Å²) in [5.41, 5.74) is 4.44. The van der Waals surface area contributed by atoms with Gasteiger partial charge in [0.05, 0.1) is 12.3 Å². The molecule has 4 nitrogen and oxygen atoms in total. The fourth-order valence-corrected chi connectivity index (χ4v) is 2.70. The highest BCUT2D eigenvalue weighted by Gasteiger charge is 2.40. The van der Waals surface area contributed by atoms with Crippen LogP contribution in [0.2, 0.25) is 0 Å². The molecule has 0 saturated carbocycles. The predicted molar refractivity (Wildman–Crippen MR) is 79.8 cm³/mol. The number of carboxylic acid groups (broad SMARTS) is 1. The number of carboxylic acids is 1. The van der Waals surface area contributed by atoms with E-state index in [9.17, 15) is 14.7 Å². The van der Waals surface area contributed by atoms with Gasteiger partial charge in [-0.05, 0) is 18.1 Å². The molecular weight excluding hydrogens is 266 g/mol. The fraction of sp³-hybridized carbons (Fsp3) is 0.353. The molecular formula is C17H19NO3. The summed E-state index contributed by atoms with van der Waals surface area (Å²) in [4.78, 5) is 25.3. The van der Waals surface area contributed by atoms with Crippen molar-refractivity contribution in [3.8, 4) is 0 Å². The Morgan fingerprint density at radius 3 is 2.57 bits per heavy atom. The van der Waals surface area contributed by atoms with Crippen LogP contribution in [0.1, 0.15) is 24.8 Å².